The molecule has 3 rings (SSSR count). The molecule has 1 N–H and O–H groups in total. The third-order valence-electron chi connectivity index (χ3n) is 4.36. The van der Waals surface area contributed by atoms with Crippen molar-refractivity contribution >= 4 is 11.8 Å². The van der Waals surface area contributed by atoms with Crippen LogP contribution in [0.3, 0.4) is 0 Å². The van der Waals surface area contributed by atoms with E-state index in [1.54, 1.807) is 10.9 Å². The van der Waals surface area contributed by atoms with Crippen LogP contribution in [0.25, 0.3) is 5.69 Å². The molecule has 1 fully saturated rings. The van der Waals surface area contributed by atoms with Crippen molar-refractivity contribution in [2.75, 3.05) is 32.7 Å². The van der Waals surface area contributed by atoms with Crippen LogP contribution < -0.4 is 5.32 Å². The molecule has 1 aromatic heterocycles. The molecule has 7 nitrogen and oxygen atoms in total. The van der Waals surface area contributed by atoms with Crippen LogP contribution in [0.15, 0.2) is 42.7 Å². The minimum Gasteiger partial charge on any atom is -0.353 e. The van der Waals surface area contributed by atoms with Gasteiger partial charge in [-0.15, -0.1) is 0 Å². The average molecular weight is 355 g/mol. The molecule has 26 heavy (non-hydrogen) atoms. The molecule has 2 aromatic rings. The SMILES string of the molecule is CC(C)NC(=O)CN1CCN(C(=O)c2ccc(-n3cccn3)cc2)CC1. The maximum absolute atomic E-state index is 12.7. The molecule has 138 valence electrons. The maximum Gasteiger partial charge on any atom is 0.253 e. The van der Waals surface area contributed by atoms with E-state index < -0.39 is 0 Å². The van der Waals surface area contributed by atoms with E-state index in [-0.39, 0.29) is 17.9 Å². The first-order valence-electron chi connectivity index (χ1n) is 8.94. The van der Waals surface area contributed by atoms with Gasteiger partial charge in [-0.05, 0) is 44.2 Å². The highest BCUT2D eigenvalue weighted by Gasteiger charge is 2.23. The minimum absolute atomic E-state index is 0.0308. The second-order valence-corrected chi connectivity index (χ2v) is 6.79. The summed E-state index contributed by atoms with van der Waals surface area (Å²) in [5.74, 6) is 0.0669. The molecule has 0 spiro atoms. The summed E-state index contributed by atoms with van der Waals surface area (Å²) in [5.41, 5.74) is 1.60. The Balaban J connectivity index is 1.53. The molecule has 1 aliphatic rings. The smallest absolute Gasteiger partial charge is 0.253 e. The van der Waals surface area contributed by atoms with Crippen molar-refractivity contribution in [3.05, 3.63) is 48.3 Å². The Morgan fingerprint density at radius 1 is 1.12 bits per heavy atom. The van der Waals surface area contributed by atoms with Gasteiger partial charge in [-0.2, -0.15) is 5.10 Å². The molecular weight excluding hydrogens is 330 g/mol. The zero-order chi connectivity index (χ0) is 18.5. The van der Waals surface area contributed by atoms with Crippen LogP contribution in [0, 0.1) is 0 Å². The first-order chi connectivity index (χ1) is 12.5. The van der Waals surface area contributed by atoms with E-state index >= 15 is 0 Å². The lowest BCUT2D eigenvalue weighted by atomic mass is 10.1. The fourth-order valence-corrected chi connectivity index (χ4v) is 3.04. The predicted octanol–water partition coefficient (Wildman–Crippen LogP) is 1.15. The molecule has 2 amide bonds. The molecule has 1 aromatic carbocycles. The van der Waals surface area contributed by atoms with Gasteiger partial charge in [0, 0.05) is 50.2 Å². The zero-order valence-electron chi connectivity index (χ0n) is 15.3. The summed E-state index contributed by atoms with van der Waals surface area (Å²) in [4.78, 5) is 28.5. The third-order valence-corrected chi connectivity index (χ3v) is 4.36. The number of rotatable bonds is 5. The number of hydrogen-bond donors (Lipinski definition) is 1. The number of carbonyl (C=O) groups excluding carboxylic acids is 2. The normalized spacial score (nSPS) is 15.3. The van der Waals surface area contributed by atoms with Crippen LogP contribution >= 0.6 is 0 Å². The van der Waals surface area contributed by atoms with Crippen LogP contribution in [0.1, 0.15) is 24.2 Å². The molecule has 0 unspecified atom stereocenters. The Labute approximate surface area is 153 Å². The molecule has 0 radical (unpaired) electrons. The lowest BCUT2D eigenvalue weighted by molar-refractivity contribution is -0.123. The summed E-state index contributed by atoms with van der Waals surface area (Å²) in [5, 5.41) is 7.08. The van der Waals surface area contributed by atoms with Gasteiger partial charge in [0.25, 0.3) is 5.91 Å². The first-order valence-corrected chi connectivity index (χ1v) is 8.94. The molecule has 0 saturated carbocycles. The van der Waals surface area contributed by atoms with Crippen molar-refractivity contribution < 1.29 is 9.59 Å². The molecule has 1 saturated heterocycles. The van der Waals surface area contributed by atoms with Gasteiger partial charge in [0.05, 0.1) is 12.2 Å². The van der Waals surface area contributed by atoms with Gasteiger partial charge in [-0.1, -0.05) is 0 Å². The van der Waals surface area contributed by atoms with E-state index in [4.69, 9.17) is 0 Å². The van der Waals surface area contributed by atoms with Crippen LogP contribution in [-0.4, -0.2) is 70.2 Å². The van der Waals surface area contributed by atoms with Gasteiger partial charge in [0.1, 0.15) is 0 Å². The number of nitrogens with one attached hydrogen (secondary N) is 1. The average Bonchev–Trinajstić information content (AvgIpc) is 3.16. The largest absolute Gasteiger partial charge is 0.353 e. The molecule has 0 atom stereocenters. The summed E-state index contributed by atoms with van der Waals surface area (Å²) in [6.07, 6.45) is 3.59. The van der Waals surface area contributed by atoms with Crippen molar-refractivity contribution in [1.82, 2.24) is 24.9 Å². The highest BCUT2D eigenvalue weighted by molar-refractivity contribution is 5.94. The number of piperazine rings is 1. The summed E-state index contributed by atoms with van der Waals surface area (Å²) in [6, 6.07) is 9.47. The topological polar surface area (TPSA) is 70.5 Å². The molecule has 0 bridgehead atoms. The van der Waals surface area contributed by atoms with E-state index in [9.17, 15) is 9.59 Å². The van der Waals surface area contributed by atoms with Gasteiger partial charge in [-0.25, -0.2) is 4.68 Å². The highest BCUT2D eigenvalue weighted by atomic mass is 16.2. The molecule has 1 aliphatic heterocycles. The van der Waals surface area contributed by atoms with E-state index in [2.05, 4.69) is 15.3 Å². The number of amides is 2. The quantitative estimate of drug-likeness (QED) is 0.874. The van der Waals surface area contributed by atoms with Crippen LogP contribution in [-0.2, 0) is 4.79 Å². The van der Waals surface area contributed by atoms with Gasteiger partial charge in [-0.3, -0.25) is 14.5 Å². The third kappa shape index (κ3) is 4.49. The molecule has 0 aliphatic carbocycles. The van der Waals surface area contributed by atoms with E-state index in [1.807, 2.05) is 55.3 Å². The minimum atomic E-state index is 0.0308. The fraction of sp³-hybridized carbons (Fsp3) is 0.421. The Hall–Kier alpha value is -2.67. The number of aromatic nitrogens is 2. The van der Waals surface area contributed by atoms with E-state index in [1.165, 1.54) is 0 Å². The monoisotopic (exact) mass is 355 g/mol. The molecule has 2 heterocycles. The maximum atomic E-state index is 12.7. The number of carbonyl (C=O) groups is 2. The molecular formula is C19H25N5O2. The van der Waals surface area contributed by atoms with E-state index in [0.717, 1.165) is 5.69 Å². The number of benzene rings is 1. The first kappa shape index (κ1) is 18.1. The number of hydrogen-bond acceptors (Lipinski definition) is 4. The van der Waals surface area contributed by atoms with Crippen LogP contribution in [0.4, 0.5) is 0 Å². The van der Waals surface area contributed by atoms with Crippen molar-refractivity contribution in [3.63, 3.8) is 0 Å². The Morgan fingerprint density at radius 3 is 2.38 bits per heavy atom. The van der Waals surface area contributed by atoms with Crippen LogP contribution in [0.5, 0.6) is 0 Å². The van der Waals surface area contributed by atoms with Crippen molar-refractivity contribution in [2.24, 2.45) is 0 Å². The molecule has 7 heteroatoms. The summed E-state index contributed by atoms with van der Waals surface area (Å²) < 4.78 is 1.76. The van der Waals surface area contributed by atoms with Gasteiger partial charge in [0.15, 0.2) is 0 Å². The van der Waals surface area contributed by atoms with E-state index in [0.29, 0.717) is 38.3 Å². The highest BCUT2D eigenvalue weighted by Crippen LogP contribution is 2.12. The van der Waals surface area contributed by atoms with Gasteiger partial charge < -0.3 is 10.2 Å². The number of nitrogens with zero attached hydrogens (tertiary/aromatic N) is 4. The van der Waals surface area contributed by atoms with Gasteiger partial charge in [0.2, 0.25) is 5.91 Å². The lowest BCUT2D eigenvalue weighted by Gasteiger charge is -2.34. The predicted molar refractivity (Wildman–Crippen MR) is 99.2 cm³/mol. The summed E-state index contributed by atoms with van der Waals surface area (Å²) in [7, 11) is 0. The van der Waals surface area contributed by atoms with Gasteiger partial charge >= 0.3 is 0 Å². The Kier molecular flexibility index (Phi) is 5.68. The summed E-state index contributed by atoms with van der Waals surface area (Å²) in [6.45, 7) is 6.98. The Morgan fingerprint density at radius 2 is 1.81 bits per heavy atom. The van der Waals surface area contributed by atoms with Crippen molar-refractivity contribution in [2.45, 2.75) is 19.9 Å². The van der Waals surface area contributed by atoms with Crippen molar-refractivity contribution in [3.8, 4) is 5.69 Å². The Bertz CT molecular complexity index is 732. The van der Waals surface area contributed by atoms with Crippen LogP contribution in [0.2, 0.25) is 0 Å². The lowest BCUT2D eigenvalue weighted by Crippen LogP contribution is -2.51. The standard InChI is InChI=1S/C19H25N5O2/c1-15(2)21-18(25)14-22-10-12-23(13-11-22)19(26)16-4-6-17(7-5-16)24-9-3-8-20-24/h3-9,15H,10-14H2,1-2H3,(H,21,25). The summed E-state index contributed by atoms with van der Waals surface area (Å²) >= 11 is 0. The zero-order valence-corrected chi connectivity index (χ0v) is 15.3. The fourth-order valence-electron chi connectivity index (χ4n) is 3.04. The van der Waals surface area contributed by atoms with Crippen molar-refractivity contribution in [1.29, 1.82) is 0 Å². The second-order valence-electron chi connectivity index (χ2n) is 6.79. The second kappa shape index (κ2) is 8.14.